The fraction of sp³-hybridized carbons (Fsp3) is 0. The van der Waals surface area contributed by atoms with Crippen LogP contribution < -0.4 is 0 Å². The molecule has 1 N–H and O–H groups in total. The van der Waals surface area contributed by atoms with E-state index in [1.165, 1.54) is 18.2 Å². The van der Waals surface area contributed by atoms with Crippen molar-refractivity contribution >= 4 is 27.8 Å². The molecule has 0 bridgehead atoms. The summed E-state index contributed by atoms with van der Waals surface area (Å²) in [6.07, 6.45) is 0. The maximum absolute atomic E-state index is 11.0. The Bertz CT molecular complexity index is 891. The lowest BCUT2D eigenvalue weighted by Gasteiger charge is -2.03. The molecule has 0 aromatic heterocycles. The van der Waals surface area contributed by atoms with E-state index in [-0.39, 0.29) is 17.1 Å². The Morgan fingerprint density at radius 3 is 2.23 bits per heavy atom. The molecule has 0 heterocycles. The molecule has 6 nitrogen and oxygen atoms in total. The van der Waals surface area contributed by atoms with Gasteiger partial charge in [-0.25, -0.2) is 0 Å². The van der Waals surface area contributed by atoms with Gasteiger partial charge in [0.05, 0.1) is 10.6 Å². The van der Waals surface area contributed by atoms with Crippen molar-refractivity contribution in [1.82, 2.24) is 0 Å². The van der Waals surface area contributed by atoms with Gasteiger partial charge >= 0.3 is 0 Å². The van der Waals surface area contributed by atoms with E-state index >= 15 is 0 Å². The number of azo groups is 1. The van der Waals surface area contributed by atoms with Crippen molar-refractivity contribution in [2.75, 3.05) is 0 Å². The second-order valence-corrected chi connectivity index (χ2v) is 4.60. The van der Waals surface area contributed by atoms with Crippen LogP contribution in [0.3, 0.4) is 0 Å². The molecule has 0 aliphatic carbocycles. The first kappa shape index (κ1) is 13.7. The highest BCUT2D eigenvalue weighted by atomic mass is 16.6. The molecule has 3 aromatic rings. The first-order valence-electron chi connectivity index (χ1n) is 6.52. The van der Waals surface area contributed by atoms with E-state index in [0.717, 1.165) is 5.39 Å². The fourth-order valence-corrected chi connectivity index (χ4v) is 2.17. The zero-order valence-electron chi connectivity index (χ0n) is 11.4. The first-order chi connectivity index (χ1) is 10.7. The van der Waals surface area contributed by atoms with Crippen molar-refractivity contribution in [1.29, 1.82) is 0 Å². The summed E-state index contributed by atoms with van der Waals surface area (Å²) in [4.78, 5) is 10.5. The number of benzene rings is 3. The molecule has 22 heavy (non-hydrogen) atoms. The molecule has 108 valence electrons. The lowest BCUT2D eigenvalue weighted by atomic mass is 10.1. The minimum atomic E-state index is -0.497. The van der Waals surface area contributed by atoms with Crippen LogP contribution in [-0.2, 0) is 0 Å². The van der Waals surface area contributed by atoms with Crippen molar-refractivity contribution in [3.05, 3.63) is 70.8 Å². The summed E-state index contributed by atoms with van der Waals surface area (Å²) in [6, 6.07) is 16.5. The number of nitro benzene ring substituents is 1. The standard InChI is InChI=1S/C16H11N3O3/c20-16-10-9-13(11-5-1-2-6-12(11)16)17-18-14-7-3-4-8-15(14)19(21)22/h1-10,20H/b18-17+. The Kier molecular flexibility index (Phi) is 3.49. The number of nitrogens with zero attached hydrogens (tertiary/aromatic N) is 3. The molecule has 6 heteroatoms. The van der Waals surface area contributed by atoms with Gasteiger partial charge in [-0.1, -0.05) is 36.4 Å². The summed E-state index contributed by atoms with van der Waals surface area (Å²) in [5.74, 6) is 0.153. The van der Waals surface area contributed by atoms with Crippen molar-refractivity contribution in [2.45, 2.75) is 0 Å². The second-order valence-electron chi connectivity index (χ2n) is 4.60. The SMILES string of the molecule is O=[N+]([O-])c1ccccc1/N=N/c1ccc(O)c2ccccc12. The van der Waals surface area contributed by atoms with Gasteiger partial charge in [-0.3, -0.25) is 10.1 Å². The maximum Gasteiger partial charge on any atom is 0.296 e. The van der Waals surface area contributed by atoms with Gasteiger partial charge in [-0.05, 0) is 18.2 Å². The molecule has 0 saturated heterocycles. The number of fused-ring (bicyclic) bond motifs is 1. The number of phenolic OH excluding ortho intramolecular Hbond substituents is 1. The zero-order valence-corrected chi connectivity index (χ0v) is 11.4. The number of aromatic hydroxyl groups is 1. The summed E-state index contributed by atoms with van der Waals surface area (Å²) < 4.78 is 0. The smallest absolute Gasteiger partial charge is 0.296 e. The molecule has 0 radical (unpaired) electrons. The summed E-state index contributed by atoms with van der Waals surface area (Å²) in [5.41, 5.74) is 0.616. The highest BCUT2D eigenvalue weighted by Crippen LogP contribution is 2.34. The van der Waals surface area contributed by atoms with Gasteiger partial charge in [0.1, 0.15) is 5.75 Å². The van der Waals surface area contributed by atoms with Crippen LogP contribution in [-0.4, -0.2) is 10.0 Å². The van der Waals surface area contributed by atoms with E-state index < -0.39 is 4.92 Å². The highest BCUT2D eigenvalue weighted by molar-refractivity contribution is 5.96. The monoisotopic (exact) mass is 293 g/mol. The van der Waals surface area contributed by atoms with Crippen LogP contribution in [0.2, 0.25) is 0 Å². The van der Waals surface area contributed by atoms with Crippen LogP contribution in [0.1, 0.15) is 0 Å². The van der Waals surface area contributed by atoms with Crippen molar-refractivity contribution in [3.8, 4) is 5.75 Å². The summed E-state index contributed by atoms with van der Waals surface area (Å²) in [6.45, 7) is 0. The third-order valence-corrected chi connectivity index (χ3v) is 3.22. The quantitative estimate of drug-likeness (QED) is 0.424. The Balaban J connectivity index is 2.08. The minimum Gasteiger partial charge on any atom is -0.507 e. The van der Waals surface area contributed by atoms with Crippen molar-refractivity contribution < 1.29 is 10.0 Å². The molecule has 0 atom stereocenters. The number of phenols is 1. The molecule has 3 aromatic carbocycles. The van der Waals surface area contributed by atoms with Crippen LogP contribution in [0.4, 0.5) is 17.1 Å². The molecule has 0 fully saturated rings. The van der Waals surface area contributed by atoms with Crippen molar-refractivity contribution in [3.63, 3.8) is 0 Å². The number of para-hydroxylation sites is 1. The third-order valence-electron chi connectivity index (χ3n) is 3.22. The molecule has 0 saturated carbocycles. The van der Waals surface area contributed by atoms with Gasteiger partial charge in [-0.2, -0.15) is 0 Å². The van der Waals surface area contributed by atoms with E-state index in [2.05, 4.69) is 10.2 Å². The van der Waals surface area contributed by atoms with Gasteiger partial charge in [-0.15, -0.1) is 10.2 Å². The van der Waals surface area contributed by atoms with E-state index in [4.69, 9.17) is 0 Å². The van der Waals surface area contributed by atoms with E-state index in [1.807, 2.05) is 18.2 Å². The normalized spacial score (nSPS) is 11.1. The van der Waals surface area contributed by atoms with Crippen LogP contribution in [0.15, 0.2) is 70.9 Å². The summed E-state index contributed by atoms with van der Waals surface area (Å²) >= 11 is 0. The summed E-state index contributed by atoms with van der Waals surface area (Å²) in [5, 5.41) is 30.3. The lowest BCUT2D eigenvalue weighted by molar-refractivity contribution is -0.384. The largest absolute Gasteiger partial charge is 0.507 e. The molecule has 0 unspecified atom stereocenters. The topological polar surface area (TPSA) is 88.1 Å². The molecule has 0 spiro atoms. The van der Waals surface area contributed by atoms with Gasteiger partial charge in [0.2, 0.25) is 0 Å². The van der Waals surface area contributed by atoms with Gasteiger partial charge in [0.15, 0.2) is 5.69 Å². The van der Waals surface area contributed by atoms with Crippen molar-refractivity contribution in [2.24, 2.45) is 10.2 Å². The zero-order chi connectivity index (χ0) is 15.5. The highest BCUT2D eigenvalue weighted by Gasteiger charge is 2.12. The first-order valence-corrected chi connectivity index (χ1v) is 6.52. The Hall–Kier alpha value is -3.28. The Morgan fingerprint density at radius 1 is 0.818 bits per heavy atom. The van der Waals surface area contributed by atoms with Gasteiger partial charge in [0.25, 0.3) is 5.69 Å². The Labute approximate surface area is 125 Å². The number of hydrogen-bond acceptors (Lipinski definition) is 5. The maximum atomic E-state index is 11.0. The van der Waals surface area contributed by atoms with Crippen LogP contribution >= 0.6 is 0 Å². The molecular formula is C16H11N3O3. The average molecular weight is 293 g/mol. The minimum absolute atomic E-state index is 0.102. The van der Waals surface area contributed by atoms with E-state index in [1.54, 1.807) is 24.3 Å². The van der Waals surface area contributed by atoms with Gasteiger partial charge in [0, 0.05) is 16.8 Å². The fourth-order valence-electron chi connectivity index (χ4n) is 2.17. The summed E-state index contributed by atoms with van der Waals surface area (Å²) in [7, 11) is 0. The van der Waals surface area contributed by atoms with E-state index in [9.17, 15) is 15.2 Å². The molecule has 3 rings (SSSR count). The van der Waals surface area contributed by atoms with Crippen LogP contribution in [0.25, 0.3) is 10.8 Å². The van der Waals surface area contributed by atoms with E-state index in [0.29, 0.717) is 11.1 Å². The van der Waals surface area contributed by atoms with Gasteiger partial charge < -0.3 is 5.11 Å². The van der Waals surface area contributed by atoms with Crippen LogP contribution in [0, 0.1) is 10.1 Å². The number of hydrogen-bond donors (Lipinski definition) is 1. The third kappa shape index (κ3) is 2.49. The molecule has 0 amide bonds. The molecular weight excluding hydrogens is 282 g/mol. The Morgan fingerprint density at radius 2 is 1.45 bits per heavy atom. The second kappa shape index (κ2) is 5.61. The predicted octanol–water partition coefficient (Wildman–Crippen LogP) is 4.87. The predicted molar refractivity (Wildman–Crippen MR) is 82.9 cm³/mol. The molecule has 0 aliphatic heterocycles. The lowest BCUT2D eigenvalue weighted by Crippen LogP contribution is -1.87. The average Bonchev–Trinajstić information content (AvgIpc) is 2.55. The van der Waals surface area contributed by atoms with Crippen LogP contribution in [0.5, 0.6) is 5.75 Å². The number of rotatable bonds is 3. The molecule has 0 aliphatic rings. The number of nitro groups is 1.